The zero-order valence-corrected chi connectivity index (χ0v) is 13.8. The summed E-state index contributed by atoms with van der Waals surface area (Å²) < 4.78 is 27.6. The number of likely N-dealkylation sites (tertiary alicyclic amines) is 1. The van der Waals surface area contributed by atoms with Gasteiger partial charge in [-0.25, -0.2) is 8.78 Å². The summed E-state index contributed by atoms with van der Waals surface area (Å²) in [5.41, 5.74) is 0.239. The van der Waals surface area contributed by atoms with Gasteiger partial charge in [0.05, 0.1) is 24.1 Å². The average molecular weight is 335 g/mol. The highest BCUT2D eigenvalue weighted by molar-refractivity contribution is 5.85. The Labute approximate surface area is 140 Å². The molecule has 5 heteroatoms. The molecule has 1 saturated heterocycles. The largest absolute Gasteiger partial charge is 0.393 e. The van der Waals surface area contributed by atoms with E-state index in [2.05, 4.69) is 0 Å². The van der Waals surface area contributed by atoms with Gasteiger partial charge in [0.25, 0.3) is 0 Å². The molecular weight excluding hydrogens is 312 g/mol. The van der Waals surface area contributed by atoms with Crippen LogP contribution < -0.4 is 0 Å². The highest BCUT2D eigenvalue weighted by atomic mass is 19.1. The van der Waals surface area contributed by atoms with Crippen LogP contribution in [0.1, 0.15) is 44.2 Å². The van der Waals surface area contributed by atoms with Crippen molar-refractivity contribution in [3.05, 3.63) is 35.6 Å². The van der Waals surface area contributed by atoms with Crippen LogP contribution in [0.3, 0.4) is 0 Å². The first-order valence-electron chi connectivity index (χ1n) is 8.78. The summed E-state index contributed by atoms with van der Waals surface area (Å²) >= 11 is 0. The van der Waals surface area contributed by atoms with E-state index in [9.17, 15) is 18.7 Å². The molecule has 1 N–H and O–H groups in total. The van der Waals surface area contributed by atoms with E-state index in [1.165, 1.54) is 12.1 Å². The summed E-state index contributed by atoms with van der Waals surface area (Å²) in [5.74, 6) is 0.214. The lowest BCUT2D eigenvalue weighted by Gasteiger charge is -2.41. The van der Waals surface area contributed by atoms with E-state index in [4.69, 9.17) is 0 Å². The molecule has 4 atom stereocenters. The Bertz CT molecular complexity index is 657. The number of amides is 1. The Kier molecular flexibility index (Phi) is 3.68. The van der Waals surface area contributed by atoms with Crippen molar-refractivity contribution in [2.45, 2.75) is 50.9 Å². The molecule has 1 amide bonds. The monoisotopic (exact) mass is 335 g/mol. The van der Waals surface area contributed by atoms with Gasteiger partial charge in [-0.05, 0) is 55.7 Å². The van der Waals surface area contributed by atoms with E-state index in [0.717, 1.165) is 12.8 Å². The lowest BCUT2D eigenvalue weighted by Crippen LogP contribution is -2.46. The molecule has 3 saturated carbocycles. The first-order chi connectivity index (χ1) is 11.4. The molecule has 0 spiro atoms. The predicted octanol–water partition coefficient (Wildman–Crippen LogP) is 3.23. The fourth-order valence-electron chi connectivity index (χ4n) is 5.20. The van der Waals surface area contributed by atoms with Crippen LogP contribution >= 0.6 is 0 Å². The summed E-state index contributed by atoms with van der Waals surface area (Å²) in [4.78, 5) is 14.8. The summed E-state index contributed by atoms with van der Waals surface area (Å²) in [6, 6.07) is 5.74. The molecule has 1 heterocycles. The van der Waals surface area contributed by atoms with Crippen LogP contribution in [0.25, 0.3) is 0 Å². The first-order valence-corrected chi connectivity index (χ1v) is 8.78. The van der Waals surface area contributed by atoms with Crippen molar-refractivity contribution < 1.29 is 18.7 Å². The minimum absolute atomic E-state index is 0.00342. The van der Waals surface area contributed by atoms with Crippen molar-refractivity contribution in [1.82, 2.24) is 4.90 Å². The molecule has 3 aliphatic carbocycles. The zero-order valence-electron chi connectivity index (χ0n) is 13.8. The summed E-state index contributed by atoms with van der Waals surface area (Å²) in [6.07, 6.45) is 1.05. The molecule has 1 aliphatic heterocycles. The number of nitrogens with zero attached hydrogens (tertiary/aromatic N) is 1. The van der Waals surface area contributed by atoms with Gasteiger partial charge in [0.2, 0.25) is 5.91 Å². The zero-order chi connectivity index (χ0) is 17.1. The Morgan fingerprint density at radius 1 is 1.38 bits per heavy atom. The van der Waals surface area contributed by atoms with Gasteiger partial charge in [-0.15, -0.1) is 0 Å². The van der Waals surface area contributed by atoms with Crippen LogP contribution in [0.15, 0.2) is 24.3 Å². The van der Waals surface area contributed by atoms with Crippen LogP contribution in [0, 0.1) is 23.1 Å². The van der Waals surface area contributed by atoms with Crippen molar-refractivity contribution in [3.63, 3.8) is 0 Å². The second-order valence-electron chi connectivity index (χ2n) is 7.92. The van der Waals surface area contributed by atoms with Gasteiger partial charge >= 0.3 is 0 Å². The Morgan fingerprint density at radius 3 is 2.75 bits per heavy atom. The molecule has 130 valence electrons. The number of hydrogen-bond donors (Lipinski definition) is 1. The normalized spacial score (nSPS) is 38.9. The Morgan fingerprint density at radius 2 is 2.12 bits per heavy atom. The number of aliphatic hydroxyl groups is 1. The maximum atomic E-state index is 14.1. The van der Waals surface area contributed by atoms with E-state index >= 15 is 0 Å². The van der Waals surface area contributed by atoms with Crippen molar-refractivity contribution in [2.24, 2.45) is 17.3 Å². The third-order valence-corrected chi connectivity index (χ3v) is 6.36. The topological polar surface area (TPSA) is 40.5 Å². The van der Waals surface area contributed by atoms with Gasteiger partial charge in [-0.3, -0.25) is 4.79 Å². The third-order valence-electron chi connectivity index (χ3n) is 6.36. The molecule has 0 radical (unpaired) electrons. The second-order valence-corrected chi connectivity index (χ2v) is 7.92. The standard InChI is InChI=1S/C19H23F2NO2/c1-11(23)16-9-19(7-13(16)8-19)18(24)22-10-15(21)6-17(22)12-3-2-4-14(20)5-12/h2-5,11,13,15-17,23H,6-10H2,1H3. The maximum absolute atomic E-state index is 14.1. The minimum Gasteiger partial charge on any atom is -0.393 e. The summed E-state index contributed by atoms with van der Waals surface area (Å²) in [5, 5.41) is 9.89. The van der Waals surface area contributed by atoms with E-state index < -0.39 is 17.7 Å². The number of benzene rings is 1. The van der Waals surface area contributed by atoms with Gasteiger partial charge < -0.3 is 10.0 Å². The van der Waals surface area contributed by atoms with Gasteiger partial charge in [0.1, 0.15) is 12.0 Å². The van der Waals surface area contributed by atoms with E-state index in [1.807, 2.05) is 0 Å². The molecule has 1 aromatic carbocycles. The van der Waals surface area contributed by atoms with Gasteiger partial charge in [-0.2, -0.15) is 0 Å². The lowest BCUT2D eigenvalue weighted by molar-refractivity contribution is -0.147. The van der Waals surface area contributed by atoms with Crippen LogP contribution in [0.4, 0.5) is 8.78 Å². The molecule has 2 bridgehead atoms. The summed E-state index contributed by atoms with van der Waals surface area (Å²) in [7, 11) is 0. The van der Waals surface area contributed by atoms with Crippen molar-refractivity contribution in [3.8, 4) is 0 Å². The molecule has 4 fully saturated rings. The molecule has 3 nitrogen and oxygen atoms in total. The van der Waals surface area contributed by atoms with E-state index in [-0.39, 0.29) is 36.6 Å². The predicted molar refractivity (Wildman–Crippen MR) is 85.3 cm³/mol. The SMILES string of the molecule is CC(O)C1CC2(C(=O)N3CC(F)CC3c3cccc(F)c3)CC1C2. The lowest BCUT2D eigenvalue weighted by atomic mass is 9.68. The Balaban J connectivity index is 1.57. The van der Waals surface area contributed by atoms with Crippen molar-refractivity contribution in [1.29, 1.82) is 0 Å². The molecule has 4 unspecified atom stereocenters. The number of halogens is 2. The van der Waals surface area contributed by atoms with Gasteiger partial charge in [0.15, 0.2) is 0 Å². The second kappa shape index (κ2) is 5.51. The fourth-order valence-corrected chi connectivity index (χ4v) is 5.20. The molecule has 24 heavy (non-hydrogen) atoms. The van der Waals surface area contributed by atoms with Crippen LogP contribution in [-0.4, -0.2) is 34.7 Å². The number of rotatable bonds is 3. The molecule has 4 aliphatic rings. The van der Waals surface area contributed by atoms with Crippen LogP contribution in [0.2, 0.25) is 0 Å². The number of alkyl halides is 1. The quantitative estimate of drug-likeness (QED) is 0.921. The highest BCUT2D eigenvalue weighted by Crippen LogP contribution is 2.64. The highest BCUT2D eigenvalue weighted by Gasteiger charge is 2.62. The maximum Gasteiger partial charge on any atom is 0.229 e. The molecule has 1 aromatic rings. The molecule has 0 aromatic heterocycles. The van der Waals surface area contributed by atoms with E-state index in [0.29, 0.717) is 17.9 Å². The smallest absolute Gasteiger partial charge is 0.229 e. The minimum atomic E-state index is -1.07. The average Bonchev–Trinajstić information content (AvgIpc) is 3.16. The van der Waals surface area contributed by atoms with Crippen LogP contribution in [-0.2, 0) is 4.79 Å². The summed E-state index contributed by atoms with van der Waals surface area (Å²) in [6.45, 7) is 1.87. The number of fused-ring (bicyclic) bond motifs is 1. The first kappa shape index (κ1) is 16.0. The number of hydrogen-bond acceptors (Lipinski definition) is 2. The third kappa shape index (κ3) is 2.36. The number of carbonyl (C=O) groups is 1. The van der Waals surface area contributed by atoms with Crippen molar-refractivity contribution >= 4 is 5.91 Å². The Hall–Kier alpha value is -1.49. The number of carbonyl (C=O) groups excluding carboxylic acids is 1. The van der Waals surface area contributed by atoms with Gasteiger partial charge in [0, 0.05) is 6.42 Å². The molecular formula is C19H23F2NO2. The van der Waals surface area contributed by atoms with E-state index in [1.54, 1.807) is 24.0 Å². The van der Waals surface area contributed by atoms with Crippen LogP contribution in [0.5, 0.6) is 0 Å². The van der Waals surface area contributed by atoms with Crippen molar-refractivity contribution in [2.75, 3.05) is 6.54 Å². The van der Waals surface area contributed by atoms with Gasteiger partial charge in [-0.1, -0.05) is 12.1 Å². The fraction of sp³-hybridized carbons (Fsp3) is 0.632. The number of aliphatic hydroxyl groups excluding tert-OH is 1. The molecule has 5 rings (SSSR count).